The molecule has 22 heavy (non-hydrogen) atoms. The summed E-state index contributed by atoms with van der Waals surface area (Å²) in [6.07, 6.45) is 1.74. The number of nitrogens with zero attached hydrogens (tertiary/aromatic N) is 2. The maximum Gasteiger partial charge on any atom is 0.254 e. The van der Waals surface area contributed by atoms with E-state index in [9.17, 15) is 9.59 Å². The Morgan fingerprint density at radius 1 is 1.09 bits per heavy atom. The first kappa shape index (κ1) is 15.4. The van der Waals surface area contributed by atoms with E-state index in [4.69, 9.17) is 0 Å². The van der Waals surface area contributed by atoms with Gasteiger partial charge < -0.3 is 9.80 Å². The Bertz CT molecular complexity index is 577. The number of carbonyl (C=O) groups excluding carboxylic acids is 2. The summed E-state index contributed by atoms with van der Waals surface area (Å²) in [7, 11) is 0. The molecule has 5 heteroatoms. The molecule has 2 fully saturated rings. The van der Waals surface area contributed by atoms with Gasteiger partial charge in [0.2, 0.25) is 5.91 Å². The Balaban J connectivity index is 1.77. The lowest BCUT2D eigenvalue weighted by molar-refractivity contribution is -0.130. The molecule has 0 unspecified atom stereocenters. The molecule has 2 saturated heterocycles. The van der Waals surface area contributed by atoms with Crippen LogP contribution in [0.2, 0.25) is 0 Å². The molecule has 0 radical (unpaired) electrons. The molecule has 0 N–H and O–H groups in total. The highest BCUT2D eigenvalue weighted by Crippen LogP contribution is 2.44. The summed E-state index contributed by atoms with van der Waals surface area (Å²) in [5, 5.41) is 0. The molecular formula is C17H22N2O2S. The molecule has 0 aliphatic carbocycles. The Morgan fingerprint density at radius 2 is 1.73 bits per heavy atom. The van der Waals surface area contributed by atoms with Crippen LogP contribution in [0, 0.1) is 6.92 Å². The highest BCUT2D eigenvalue weighted by Gasteiger charge is 2.46. The van der Waals surface area contributed by atoms with Crippen molar-refractivity contribution in [3.05, 3.63) is 35.4 Å². The third-order valence-electron chi connectivity index (χ3n) is 4.71. The maximum atomic E-state index is 12.9. The first-order valence-corrected chi connectivity index (χ1v) is 8.78. The summed E-state index contributed by atoms with van der Waals surface area (Å²) in [5.41, 5.74) is 1.93. The van der Waals surface area contributed by atoms with Gasteiger partial charge in [-0.3, -0.25) is 9.59 Å². The molecule has 1 aromatic rings. The monoisotopic (exact) mass is 318 g/mol. The van der Waals surface area contributed by atoms with E-state index >= 15 is 0 Å². The minimum absolute atomic E-state index is 0.117. The van der Waals surface area contributed by atoms with Gasteiger partial charge in [0, 0.05) is 37.9 Å². The Morgan fingerprint density at radius 3 is 2.32 bits per heavy atom. The van der Waals surface area contributed by atoms with Crippen LogP contribution in [0.3, 0.4) is 0 Å². The molecule has 4 nitrogen and oxygen atoms in total. The Hall–Kier alpha value is -1.49. The summed E-state index contributed by atoms with van der Waals surface area (Å²) in [5.74, 6) is 1.24. The van der Waals surface area contributed by atoms with Crippen molar-refractivity contribution in [1.82, 2.24) is 9.80 Å². The average molecular weight is 318 g/mol. The predicted octanol–water partition coefficient (Wildman–Crippen LogP) is 2.52. The Kier molecular flexibility index (Phi) is 4.17. The van der Waals surface area contributed by atoms with E-state index in [1.54, 1.807) is 6.92 Å². The topological polar surface area (TPSA) is 40.6 Å². The van der Waals surface area contributed by atoms with Gasteiger partial charge in [0.25, 0.3) is 5.91 Å². The van der Waals surface area contributed by atoms with Gasteiger partial charge in [-0.15, -0.1) is 11.8 Å². The fraction of sp³-hybridized carbons (Fsp3) is 0.529. The zero-order chi connectivity index (χ0) is 15.7. The van der Waals surface area contributed by atoms with E-state index in [0.717, 1.165) is 49.4 Å². The molecule has 1 spiro atoms. The molecule has 1 aromatic carbocycles. The van der Waals surface area contributed by atoms with Gasteiger partial charge >= 0.3 is 0 Å². The van der Waals surface area contributed by atoms with Crippen LogP contribution in [0.5, 0.6) is 0 Å². The van der Waals surface area contributed by atoms with E-state index in [0.29, 0.717) is 0 Å². The van der Waals surface area contributed by atoms with Crippen molar-refractivity contribution in [2.24, 2.45) is 0 Å². The molecule has 2 aliphatic heterocycles. The van der Waals surface area contributed by atoms with Crippen LogP contribution in [0.4, 0.5) is 0 Å². The van der Waals surface area contributed by atoms with E-state index < -0.39 is 0 Å². The fourth-order valence-corrected chi connectivity index (χ4v) is 4.79. The number of rotatable bonds is 1. The second kappa shape index (κ2) is 5.95. The second-order valence-electron chi connectivity index (χ2n) is 6.12. The number of hydrogen-bond donors (Lipinski definition) is 0. The number of likely N-dealkylation sites (tertiary alicyclic amines) is 1. The van der Waals surface area contributed by atoms with E-state index in [1.165, 1.54) is 0 Å². The van der Waals surface area contributed by atoms with Gasteiger partial charge in [0.05, 0.1) is 4.87 Å². The zero-order valence-corrected chi connectivity index (χ0v) is 14.0. The van der Waals surface area contributed by atoms with Crippen molar-refractivity contribution in [2.45, 2.75) is 31.6 Å². The second-order valence-corrected chi connectivity index (χ2v) is 7.58. The van der Waals surface area contributed by atoms with Crippen LogP contribution in [0.25, 0.3) is 0 Å². The number of amides is 2. The summed E-state index contributed by atoms with van der Waals surface area (Å²) < 4.78 is 0. The number of piperidine rings is 1. The normalized spacial score (nSPS) is 20.5. The van der Waals surface area contributed by atoms with Gasteiger partial charge in [0.1, 0.15) is 0 Å². The quantitative estimate of drug-likeness (QED) is 0.799. The van der Waals surface area contributed by atoms with Gasteiger partial charge in [0.15, 0.2) is 0 Å². The highest BCUT2D eigenvalue weighted by atomic mass is 32.2. The number of hydrogen-bond acceptors (Lipinski definition) is 3. The van der Waals surface area contributed by atoms with Crippen LogP contribution >= 0.6 is 11.8 Å². The predicted molar refractivity (Wildman–Crippen MR) is 88.9 cm³/mol. The molecule has 2 amide bonds. The zero-order valence-electron chi connectivity index (χ0n) is 13.2. The SMILES string of the molecule is CC(=O)N1CCC2(CC1)SCCN2C(=O)c1ccc(C)cc1. The lowest BCUT2D eigenvalue weighted by Gasteiger charge is -2.44. The summed E-state index contributed by atoms with van der Waals surface area (Å²) >= 11 is 1.88. The van der Waals surface area contributed by atoms with Crippen molar-refractivity contribution >= 4 is 23.6 Å². The summed E-state index contributed by atoms with van der Waals surface area (Å²) in [6.45, 7) is 5.95. The molecule has 2 heterocycles. The van der Waals surface area contributed by atoms with Gasteiger partial charge in [-0.05, 0) is 31.9 Å². The third kappa shape index (κ3) is 2.74. The van der Waals surface area contributed by atoms with Crippen LogP contribution in [-0.2, 0) is 4.79 Å². The first-order valence-electron chi connectivity index (χ1n) is 7.80. The van der Waals surface area contributed by atoms with Gasteiger partial charge in [-0.25, -0.2) is 0 Å². The van der Waals surface area contributed by atoms with Crippen molar-refractivity contribution in [1.29, 1.82) is 0 Å². The molecule has 0 saturated carbocycles. The number of benzene rings is 1. The van der Waals surface area contributed by atoms with Crippen LogP contribution in [0.15, 0.2) is 24.3 Å². The third-order valence-corrected chi connectivity index (χ3v) is 6.26. The standard InChI is InChI=1S/C17H22N2O2S/c1-13-3-5-15(6-4-13)16(21)19-11-12-22-17(19)7-9-18(10-8-17)14(2)20/h3-6H,7-12H2,1-2H3. The lowest BCUT2D eigenvalue weighted by Crippen LogP contribution is -2.53. The molecule has 0 atom stereocenters. The van der Waals surface area contributed by atoms with Crippen molar-refractivity contribution in [2.75, 3.05) is 25.4 Å². The summed E-state index contributed by atoms with van der Waals surface area (Å²) in [4.78, 5) is 28.2. The van der Waals surface area contributed by atoms with E-state index in [1.807, 2.05) is 52.8 Å². The first-order chi connectivity index (χ1) is 10.5. The molecule has 118 valence electrons. The average Bonchev–Trinajstić information content (AvgIpc) is 2.91. The molecule has 3 rings (SSSR count). The van der Waals surface area contributed by atoms with Crippen molar-refractivity contribution in [3.63, 3.8) is 0 Å². The Labute approximate surface area is 135 Å². The van der Waals surface area contributed by atoms with E-state index in [2.05, 4.69) is 0 Å². The maximum absolute atomic E-state index is 12.9. The minimum atomic E-state index is -0.117. The molecule has 2 aliphatic rings. The van der Waals surface area contributed by atoms with Gasteiger partial charge in [-0.2, -0.15) is 0 Å². The van der Waals surface area contributed by atoms with Crippen LogP contribution < -0.4 is 0 Å². The van der Waals surface area contributed by atoms with Crippen molar-refractivity contribution < 1.29 is 9.59 Å². The minimum Gasteiger partial charge on any atom is -0.343 e. The number of thioether (sulfide) groups is 1. The van der Waals surface area contributed by atoms with E-state index in [-0.39, 0.29) is 16.7 Å². The molecule has 0 bridgehead atoms. The molecule has 0 aromatic heterocycles. The highest BCUT2D eigenvalue weighted by molar-refractivity contribution is 8.00. The van der Waals surface area contributed by atoms with Crippen molar-refractivity contribution in [3.8, 4) is 0 Å². The van der Waals surface area contributed by atoms with Crippen LogP contribution in [0.1, 0.15) is 35.7 Å². The number of carbonyl (C=O) groups is 2. The lowest BCUT2D eigenvalue weighted by atomic mass is 10.0. The van der Waals surface area contributed by atoms with Gasteiger partial charge in [-0.1, -0.05) is 17.7 Å². The molecular weight excluding hydrogens is 296 g/mol. The number of aryl methyl sites for hydroxylation is 1. The van der Waals surface area contributed by atoms with Crippen LogP contribution in [-0.4, -0.2) is 51.9 Å². The fourth-order valence-electron chi connectivity index (χ4n) is 3.33. The summed E-state index contributed by atoms with van der Waals surface area (Å²) in [6, 6.07) is 7.81. The smallest absolute Gasteiger partial charge is 0.254 e. The largest absolute Gasteiger partial charge is 0.343 e.